The number of hydrogen-bond donors (Lipinski definition) is 0. The monoisotopic (exact) mass is 432 g/mol. The molecule has 0 amide bonds. The van der Waals surface area contributed by atoms with E-state index in [1.54, 1.807) is 48.5 Å². The first-order chi connectivity index (χ1) is 12.1. The maximum atomic E-state index is 10.9. The van der Waals surface area contributed by atoms with Crippen LogP contribution in [-0.2, 0) is 18.1 Å². The van der Waals surface area contributed by atoms with E-state index < -0.39 is 18.1 Å². The van der Waals surface area contributed by atoms with E-state index in [-0.39, 0.29) is 10.2 Å². The molecular weight excluding hydrogens is 423 g/mol. The molecule has 6 nitrogen and oxygen atoms in total. The quantitative estimate of drug-likeness (QED) is 0.425. The third kappa shape index (κ3) is 4.21. The van der Waals surface area contributed by atoms with Crippen LogP contribution in [0.3, 0.4) is 0 Å². The molecule has 0 bridgehead atoms. The van der Waals surface area contributed by atoms with Crippen molar-refractivity contribution < 1.29 is 25.7 Å². The largest absolute Gasteiger partial charge is 0.443 e. The van der Waals surface area contributed by atoms with E-state index >= 15 is 0 Å². The van der Waals surface area contributed by atoms with Crippen molar-refractivity contribution in [2.45, 2.75) is 10.2 Å². The van der Waals surface area contributed by atoms with Crippen LogP contribution in [0.4, 0.5) is 0 Å². The molecule has 0 fully saturated rings. The van der Waals surface area contributed by atoms with Crippen LogP contribution < -0.4 is 0 Å². The van der Waals surface area contributed by atoms with Gasteiger partial charge >= 0.3 is 0 Å². The summed E-state index contributed by atoms with van der Waals surface area (Å²) in [6, 6.07) is 16.8. The molecule has 2 heterocycles. The molecule has 0 saturated carbocycles. The van der Waals surface area contributed by atoms with Crippen LogP contribution in [0.1, 0.15) is 0 Å². The molecule has 4 aromatic rings. The standard InChI is InChI=1S/2C8H5ClO3S/c2*9-13(10,11)8-5-6-3-1-2-4-7(6)12-8/h2*1-5H. The fourth-order valence-corrected chi connectivity index (χ4v) is 3.53. The van der Waals surface area contributed by atoms with Gasteiger partial charge in [0.25, 0.3) is 18.1 Å². The number of para-hydroxylation sites is 2. The summed E-state index contributed by atoms with van der Waals surface area (Å²) in [7, 11) is 2.70. The zero-order valence-corrected chi connectivity index (χ0v) is 15.9. The fraction of sp³-hybridized carbons (Fsp3) is 0. The van der Waals surface area contributed by atoms with Gasteiger partial charge in [0.1, 0.15) is 11.2 Å². The van der Waals surface area contributed by atoms with Gasteiger partial charge in [-0.15, -0.1) is 0 Å². The highest BCUT2D eigenvalue weighted by molar-refractivity contribution is 8.14. The Balaban J connectivity index is 0.000000151. The first-order valence-electron chi connectivity index (χ1n) is 7.01. The molecule has 0 radical (unpaired) electrons. The van der Waals surface area contributed by atoms with E-state index in [9.17, 15) is 16.8 Å². The molecule has 0 aliphatic heterocycles. The van der Waals surface area contributed by atoms with Crippen molar-refractivity contribution in [1.82, 2.24) is 0 Å². The van der Waals surface area contributed by atoms with Gasteiger partial charge in [-0.3, -0.25) is 0 Å². The molecule has 0 spiro atoms. The molecule has 0 aliphatic carbocycles. The highest BCUT2D eigenvalue weighted by Gasteiger charge is 2.16. The fourth-order valence-electron chi connectivity index (χ4n) is 2.16. The minimum atomic E-state index is -3.76. The highest BCUT2D eigenvalue weighted by atomic mass is 35.7. The van der Waals surface area contributed by atoms with Crippen LogP contribution >= 0.6 is 21.4 Å². The Bertz CT molecular complexity index is 1120. The van der Waals surface area contributed by atoms with E-state index in [1.165, 1.54) is 12.1 Å². The second kappa shape index (κ2) is 6.96. The van der Waals surface area contributed by atoms with Crippen molar-refractivity contribution in [3.8, 4) is 0 Å². The normalized spacial score (nSPS) is 12.1. The van der Waals surface area contributed by atoms with Gasteiger partial charge in [-0.05, 0) is 12.1 Å². The van der Waals surface area contributed by atoms with Crippen LogP contribution in [0.5, 0.6) is 0 Å². The number of benzene rings is 2. The second-order valence-electron chi connectivity index (χ2n) is 5.08. The van der Waals surface area contributed by atoms with E-state index in [0.717, 1.165) is 10.8 Å². The predicted octanol–water partition coefficient (Wildman–Crippen LogP) is 4.72. The molecular formula is C16H10Cl2O6S2. The van der Waals surface area contributed by atoms with Crippen molar-refractivity contribution >= 4 is 61.4 Å². The molecule has 0 unspecified atom stereocenters. The van der Waals surface area contributed by atoms with E-state index in [4.69, 9.17) is 30.2 Å². The summed E-state index contributed by atoms with van der Waals surface area (Å²) < 4.78 is 53.5. The van der Waals surface area contributed by atoms with Crippen LogP contribution in [0.15, 0.2) is 79.7 Å². The number of fused-ring (bicyclic) bond motifs is 2. The summed E-state index contributed by atoms with van der Waals surface area (Å²) in [5.41, 5.74) is 1.03. The maximum absolute atomic E-state index is 10.9. The molecule has 0 atom stereocenters. The summed E-state index contributed by atoms with van der Waals surface area (Å²) in [6.07, 6.45) is 0. The molecule has 0 N–H and O–H groups in total. The van der Waals surface area contributed by atoms with Crippen molar-refractivity contribution in [3.05, 3.63) is 60.7 Å². The van der Waals surface area contributed by atoms with Crippen LogP contribution in [0, 0.1) is 0 Å². The molecule has 0 saturated heterocycles. The third-order valence-corrected chi connectivity index (χ3v) is 5.56. The molecule has 26 heavy (non-hydrogen) atoms. The number of halogens is 2. The summed E-state index contributed by atoms with van der Waals surface area (Å²) in [6.45, 7) is 0. The summed E-state index contributed by atoms with van der Waals surface area (Å²) in [5.74, 6) is 0. The zero-order chi connectivity index (χ0) is 18.9. The van der Waals surface area contributed by atoms with Gasteiger partial charge in [-0.2, -0.15) is 0 Å². The van der Waals surface area contributed by atoms with Crippen LogP contribution in [0.25, 0.3) is 21.9 Å². The van der Waals surface area contributed by atoms with Crippen molar-refractivity contribution in [2.24, 2.45) is 0 Å². The van der Waals surface area contributed by atoms with Crippen LogP contribution in [0.2, 0.25) is 0 Å². The Morgan fingerprint density at radius 2 is 0.962 bits per heavy atom. The lowest BCUT2D eigenvalue weighted by Crippen LogP contribution is -1.84. The lowest BCUT2D eigenvalue weighted by atomic mass is 10.3. The second-order valence-corrected chi connectivity index (χ2v) is 10.1. The first kappa shape index (κ1) is 18.8. The average Bonchev–Trinajstić information content (AvgIpc) is 3.19. The maximum Gasteiger partial charge on any atom is 0.294 e. The predicted molar refractivity (Wildman–Crippen MR) is 98.5 cm³/mol. The molecule has 10 heteroatoms. The summed E-state index contributed by atoms with van der Waals surface area (Å²) in [4.78, 5) is 0. The Hall–Kier alpha value is -2.00. The Labute approximate surface area is 157 Å². The minimum Gasteiger partial charge on any atom is -0.443 e. The van der Waals surface area contributed by atoms with Crippen molar-refractivity contribution in [3.63, 3.8) is 0 Å². The summed E-state index contributed by atoms with van der Waals surface area (Å²) >= 11 is 0. The molecule has 0 aliphatic rings. The highest BCUT2D eigenvalue weighted by Crippen LogP contribution is 2.25. The van der Waals surface area contributed by atoms with Gasteiger partial charge < -0.3 is 8.83 Å². The SMILES string of the molecule is O=S(=O)(Cl)c1cc2ccccc2o1.O=S(=O)(Cl)c1cc2ccccc2o1. The van der Waals surface area contributed by atoms with Crippen molar-refractivity contribution in [2.75, 3.05) is 0 Å². The van der Waals surface area contributed by atoms with Gasteiger partial charge in [0, 0.05) is 44.3 Å². The lowest BCUT2D eigenvalue weighted by Gasteiger charge is -1.85. The Morgan fingerprint density at radius 1 is 0.615 bits per heavy atom. The number of hydrogen-bond acceptors (Lipinski definition) is 6. The zero-order valence-electron chi connectivity index (χ0n) is 12.8. The minimum absolute atomic E-state index is 0.213. The molecule has 2 aromatic carbocycles. The van der Waals surface area contributed by atoms with Gasteiger partial charge in [-0.1, -0.05) is 36.4 Å². The number of rotatable bonds is 2. The smallest absolute Gasteiger partial charge is 0.294 e. The topological polar surface area (TPSA) is 94.6 Å². The van der Waals surface area contributed by atoms with Gasteiger partial charge in [0.15, 0.2) is 0 Å². The van der Waals surface area contributed by atoms with Gasteiger partial charge in [0.05, 0.1) is 0 Å². The lowest BCUT2D eigenvalue weighted by molar-refractivity contribution is 0.488. The van der Waals surface area contributed by atoms with Gasteiger partial charge in [-0.25, -0.2) is 16.8 Å². The van der Waals surface area contributed by atoms with Crippen LogP contribution in [-0.4, -0.2) is 16.8 Å². The number of furan rings is 2. The Kier molecular flexibility index (Phi) is 5.03. The van der Waals surface area contributed by atoms with Gasteiger partial charge in [0.2, 0.25) is 10.2 Å². The molecule has 2 aromatic heterocycles. The molecule has 136 valence electrons. The molecule has 4 rings (SSSR count). The average molecular weight is 433 g/mol. The third-order valence-electron chi connectivity index (χ3n) is 3.29. The van der Waals surface area contributed by atoms with E-state index in [1.807, 2.05) is 0 Å². The first-order valence-corrected chi connectivity index (χ1v) is 11.6. The summed E-state index contributed by atoms with van der Waals surface area (Å²) in [5, 5.41) is 1.02. The van der Waals surface area contributed by atoms with E-state index in [2.05, 4.69) is 0 Å². The van der Waals surface area contributed by atoms with E-state index in [0.29, 0.717) is 11.2 Å². The Morgan fingerprint density at radius 3 is 1.27 bits per heavy atom. The van der Waals surface area contributed by atoms with Crippen molar-refractivity contribution in [1.29, 1.82) is 0 Å².